The van der Waals surface area contributed by atoms with Crippen molar-refractivity contribution in [2.45, 2.75) is 0 Å². The van der Waals surface area contributed by atoms with Gasteiger partial charge < -0.3 is 19.9 Å². The fourth-order valence-electron chi connectivity index (χ4n) is 2.04. The van der Waals surface area contributed by atoms with Crippen LogP contribution in [-0.4, -0.2) is 58.4 Å². The Morgan fingerprint density at radius 1 is 1.17 bits per heavy atom. The molecule has 0 bridgehead atoms. The zero-order valence-electron chi connectivity index (χ0n) is 11.4. The number of ether oxygens (including phenoxy) is 1. The molecular formula is C14H23N3O. The summed E-state index contributed by atoms with van der Waals surface area (Å²) < 4.78 is 5.36. The molecule has 1 aliphatic rings. The molecule has 1 N–H and O–H groups in total. The number of benzene rings is 1. The van der Waals surface area contributed by atoms with Crippen LogP contribution in [0.15, 0.2) is 24.3 Å². The molecule has 18 heavy (non-hydrogen) atoms. The SMILES string of the molecule is CN(C)CCNc1ccc(N2CCOCC2)cc1. The van der Waals surface area contributed by atoms with Crippen LogP contribution in [-0.2, 0) is 4.74 Å². The van der Waals surface area contributed by atoms with Crippen molar-refractivity contribution in [3.63, 3.8) is 0 Å². The number of nitrogens with one attached hydrogen (secondary N) is 1. The number of rotatable bonds is 5. The Morgan fingerprint density at radius 3 is 2.44 bits per heavy atom. The normalized spacial score (nSPS) is 16.1. The van der Waals surface area contributed by atoms with Crippen molar-refractivity contribution in [3.8, 4) is 0 Å². The third-order valence-corrected chi connectivity index (χ3v) is 3.13. The quantitative estimate of drug-likeness (QED) is 0.856. The molecule has 4 heteroatoms. The van der Waals surface area contributed by atoms with Crippen LogP contribution in [0.3, 0.4) is 0 Å². The molecule has 2 rings (SSSR count). The first kappa shape index (κ1) is 13.2. The molecule has 0 aliphatic carbocycles. The highest BCUT2D eigenvalue weighted by molar-refractivity contribution is 5.55. The second-order valence-corrected chi connectivity index (χ2v) is 4.88. The first-order valence-corrected chi connectivity index (χ1v) is 6.57. The van der Waals surface area contributed by atoms with E-state index in [9.17, 15) is 0 Å². The van der Waals surface area contributed by atoms with Crippen LogP contribution in [0, 0.1) is 0 Å². The summed E-state index contributed by atoms with van der Waals surface area (Å²) in [6.45, 7) is 5.68. The maximum Gasteiger partial charge on any atom is 0.0642 e. The topological polar surface area (TPSA) is 27.7 Å². The molecule has 0 amide bonds. The highest BCUT2D eigenvalue weighted by Crippen LogP contribution is 2.18. The Bertz CT molecular complexity index is 345. The average Bonchev–Trinajstić information content (AvgIpc) is 2.40. The minimum Gasteiger partial charge on any atom is -0.384 e. The van der Waals surface area contributed by atoms with E-state index in [1.165, 1.54) is 11.4 Å². The van der Waals surface area contributed by atoms with Crippen LogP contribution in [0.5, 0.6) is 0 Å². The molecule has 0 saturated carbocycles. The minimum absolute atomic E-state index is 0.836. The number of hydrogen-bond donors (Lipinski definition) is 1. The summed E-state index contributed by atoms with van der Waals surface area (Å²) in [7, 11) is 4.17. The molecule has 4 nitrogen and oxygen atoms in total. The monoisotopic (exact) mass is 249 g/mol. The lowest BCUT2D eigenvalue weighted by atomic mass is 10.2. The van der Waals surface area contributed by atoms with E-state index in [0.29, 0.717) is 0 Å². The van der Waals surface area contributed by atoms with Crippen molar-refractivity contribution in [1.82, 2.24) is 4.90 Å². The fourth-order valence-corrected chi connectivity index (χ4v) is 2.04. The van der Waals surface area contributed by atoms with E-state index >= 15 is 0 Å². The van der Waals surface area contributed by atoms with E-state index in [4.69, 9.17) is 4.74 Å². The summed E-state index contributed by atoms with van der Waals surface area (Å²) in [6.07, 6.45) is 0. The highest BCUT2D eigenvalue weighted by atomic mass is 16.5. The van der Waals surface area contributed by atoms with Crippen LogP contribution in [0.1, 0.15) is 0 Å². The Hall–Kier alpha value is -1.26. The van der Waals surface area contributed by atoms with E-state index in [2.05, 4.69) is 53.5 Å². The molecule has 100 valence electrons. The van der Waals surface area contributed by atoms with E-state index in [1.807, 2.05) is 0 Å². The van der Waals surface area contributed by atoms with Crippen molar-refractivity contribution >= 4 is 11.4 Å². The first-order chi connectivity index (χ1) is 8.75. The Morgan fingerprint density at radius 2 is 1.83 bits per heavy atom. The van der Waals surface area contributed by atoms with Crippen LogP contribution in [0.2, 0.25) is 0 Å². The number of likely N-dealkylation sites (N-methyl/N-ethyl adjacent to an activating group) is 1. The summed E-state index contributed by atoms with van der Waals surface area (Å²) in [5.74, 6) is 0. The number of nitrogens with zero attached hydrogens (tertiary/aromatic N) is 2. The van der Waals surface area contributed by atoms with Gasteiger partial charge in [-0.2, -0.15) is 0 Å². The van der Waals surface area contributed by atoms with Crippen LogP contribution < -0.4 is 10.2 Å². The smallest absolute Gasteiger partial charge is 0.0642 e. The molecule has 0 radical (unpaired) electrons. The van der Waals surface area contributed by atoms with Crippen LogP contribution in [0.4, 0.5) is 11.4 Å². The van der Waals surface area contributed by atoms with Crippen molar-refractivity contribution in [3.05, 3.63) is 24.3 Å². The first-order valence-electron chi connectivity index (χ1n) is 6.57. The van der Waals surface area contributed by atoms with Gasteiger partial charge in [-0.15, -0.1) is 0 Å². The fraction of sp³-hybridized carbons (Fsp3) is 0.571. The molecule has 1 aromatic carbocycles. The van der Waals surface area contributed by atoms with Gasteiger partial charge in [-0.25, -0.2) is 0 Å². The summed E-state index contributed by atoms with van der Waals surface area (Å²) in [4.78, 5) is 4.54. The van der Waals surface area contributed by atoms with Crippen LogP contribution >= 0.6 is 0 Å². The largest absolute Gasteiger partial charge is 0.384 e. The standard InChI is InChI=1S/C14H23N3O/c1-16(2)8-7-15-13-3-5-14(6-4-13)17-9-11-18-12-10-17/h3-6,15H,7-12H2,1-2H3. The van der Waals surface area contributed by atoms with Gasteiger partial charge in [-0.3, -0.25) is 0 Å². The van der Waals surface area contributed by atoms with Gasteiger partial charge in [0.25, 0.3) is 0 Å². The molecular weight excluding hydrogens is 226 g/mol. The van der Waals surface area contributed by atoms with E-state index in [0.717, 1.165) is 39.4 Å². The molecule has 1 saturated heterocycles. The predicted molar refractivity (Wildman–Crippen MR) is 76.5 cm³/mol. The molecule has 0 aromatic heterocycles. The van der Waals surface area contributed by atoms with Crippen molar-refractivity contribution in [1.29, 1.82) is 0 Å². The number of anilines is 2. The summed E-state index contributed by atoms with van der Waals surface area (Å²) in [6, 6.07) is 8.67. The number of morpholine rings is 1. The second kappa shape index (κ2) is 6.61. The second-order valence-electron chi connectivity index (χ2n) is 4.88. The zero-order valence-corrected chi connectivity index (χ0v) is 11.4. The van der Waals surface area contributed by atoms with Crippen molar-refractivity contribution in [2.24, 2.45) is 0 Å². The number of hydrogen-bond acceptors (Lipinski definition) is 4. The van der Waals surface area contributed by atoms with Gasteiger partial charge in [0.1, 0.15) is 0 Å². The van der Waals surface area contributed by atoms with Gasteiger partial charge in [-0.05, 0) is 38.4 Å². The van der Waals surface area contributed by atoms with E-state index in [-0.39, 0.29) is 0 Å². The lowest BCUT2D eigenvalue weighted by Gasteiger charge is -2.29. The highest BCUT2D eigenvalue weighted by Gasteiger charge is 2.10. The maximum absolute atomic E-state index is 5.36. The third-order valence-electron chi connectivity index (χ3n) is 3.13. The van der Waals surface area contributed by atoms with Gasteiger partial charge in [0, 0.05) is 37.6 Å². The van der Waals surface area contributed by atoms with Crippen LogP contribution in [0.25, 0.3) is 0 Å². The van der Waals surface area contributed by atoms with Crippen molar-refractivity contribution in [2.75, 3.05) is 63.7 Å². The van der Waals surface area contributed by atoms with Crippen molar-refractivity contribution < 1.29 is 4.74 Å². The summed E-state index contributed by atoms with van der Waals surface area (Å²) >= 11 is 0. The Balaban J connectivity index is 1.84. The predicted octanol–water partition coefficient (Wildman–Crippen LogP) is 1.50. The minimum atomic E-state index is 0.836. The average molecular weight is 249 g/mol. The molecule has 1 aromatic rings. The van der Waals surface area contributed by atoms with E-state index in [1.54, 1.807) is 0 Å². The maximum atomic E-state index is 5.36. The van der Waals surface area contributed by atoms with Gasteiger partial charge in [0.15, 0.2) is 0 Å². The molecule has 1 heterocycles. The Labute approximate surface area is 110 Å². The lowest BCUT2D eigenvalue weighted by Crippen LogP contribution is -2.36. The molecule has 0 atom stereocenters. The Kier molecular flexibility index (Phi) is 4.84. The molecule has 0 unspecified atom stereocenters. The molecule has 1 aliphatic heterocycles. The summed E-state index contributed by atoms with van der Waals surface area (Å²) in [5, 5.41) is 3.42. The van der Waals surface area contributed by atoms with Gasteiger partial charge in [0.2, 0.25) is 0 Å². The zero-order chi connectivity index (χ0) is 12.8. The van der Waals surface area contributed by atoms with Gasteiger partial charge >= 0.3 is 0 Å². The molecule has 0 spiro atoms. The van der Waals surface area contributed by atoms with Gasteiger partial charge in [-0.1, -0.05) is 0 Å². The molecule has 1 fully saturated rings. The lowest BCUT2D eigenvalue weighted by molar-refractivity contribution is 0.122. The van der Waals surface area contributed by atoms with E-state index < -0.39 is 0 Å². The third kappa shape index (κ3) is 3.89. The van der Waals surface area contributed by atoms with Gasteiger partial charge in [0.05, 0.1) is 13.2 Å². The summed E-state index contributed by atoms with van der Waals surface area (Å²) in [5.41, 5.74) is 2.48.